The SMILES string of the molecule is C.Cc1cccc2c(=O)[nH]c(CSC3CCN(Cc4c[nH]c5ccncc45)CC3)nc12. The third-order valence-electron chi connectivity index (χ3n) is 5.94. The molecular weight excluding hydrogens is 406 g/mol. The maximum atomic E-state index is 12.4. The fraction of sp³-hybridized carbons (Fsp3) is 0.375. The van der Waals surface area contributed by atoms with Gasteiger partial charge in [0.05, 0.1) is 16.7 Å². The smallest absolute Gasteiger partial charge is 0.258 e. The summed E-state index contributed by atoms with van der Waals surface area (Å²) in [6.45, 7) is 5.14. The Kier molecular flexibility index (Phi) is 6.43. The molecule has 3 aromatic heterocycles. The highest BCUT2D eigenvalue weighted by Crippen LogP contribution is 2.27. The van der Waals surface area contributed by atoms with Crippen molar-refractivity contribution >= 4 is 33.6 Å². The molecule has 0 radical (unpaired) electrons. The monoisotopic (exact) mass is 435 g/mol. The van der Waals surface area contributed by atoms with Crippen molar-refractivity contribution in [3.05, 3.63) is 70.2 Å². The second kappa shape index (κ2) is 9.24. The van der Waals surface area contributed by atoms with E-state index < -0.39 is 0 Å². The predicted molar refractivity (Wildman–Crippen MR) is 130 cm³/mol. The Labute approximate surface area is 186 Å². The van der Waals surface area contributed by atoms with Crippen LogP contribution >= 0.6 is 11.8 Å². The molecule has 2 N–H and O–H groups in total. The van der Waals surface area contributed by atoms with Crippen molar-refractivity contribution in [2.24, 2.45) is 0 Å². The zero-order valence-corrected chi connectivity index (χ0v) is 17.8. The summed E-state index contributed by atoms with van der Waals surface area (Å²) >= 11 is 1.91. The zero-order chi connectivity index (χ0) is 20.5. The van der Waals surface area contributed by atoms with Crippen LogP contribution in [0, 0.1) is 6.92 Å². The first-order chi connectivity index (χ1) is 14.7. The van der Waals surface area contributed by atoms with Crippen molar-refractivity contribution in [1.29, 1.82) is 0 Å². The van der Waals surface area contributed by atoms with Crippen LogP contribution in [0.2, 0.25) is 0 Å². The maximum Gasteiger partial charge on any atom is 0.258 e. The number of aromatic amines is 2. The van der Waals surface area contributed by atoms with Crippen LogP contribution in [0.3, 0.4) is 0 Å². The minimum absolute atomic E-state index is 0. The lowest BCUT2D eigenvalue weighted by atomic mass is 10.1. The lowest BCUT2D eigenvalue weighted by molar-refractivity contribution is 0.225. The van der Waals surface area contributed by atoms with Gasteiger partial charge in [-0.3, -0.25) is 14.7 Å². The van der Waals surface area contributed by atoms with E-state index in [0.717, 1.165) is 60.7 Å². The summed E-state index contributed by atoms with van der Waals surface area (Å²) in [6, 6.07) is 7.77. The summed E-state index contributed by atoms with van der Waals surface area (Å²) < 4.78 is 0. The normalized spacial score (nSPS) is 15.4. The summed E-state index contributed by atoms with van der Waals surface area (Å²) in [5.41, 5.74) is 4.29. The van der Waals surface area contributed by atoms with Crippen LogP contribution in [0.1, 0.15) is 37.2 Å². The van der Waals surface area contributed by atoms with Crippen molar-refractivity contribution in [1.82, 2.24) is 24.8 Å². The number of benzene rings is 1. The lowest BCUT2D eigenvalue weighted by Crippen LogP contribution is -2.34. The molecule has 1 aliphatic rings. The molecule has 1 aliphatic heterocycles. The van der Waals surface area contributed by atoms with Crippen molar-refractivity contribution in [2.75, 3.05) is 13.1 Å². The minimum atomic E-state index is -0.0395. The Morgan fingerprint density at radius 2 is 2.03 bits per heavy atom. The number of thioether (sulfide) groups is 1. The highest BCUT2D eigenvalue weighted by Gasteiger charge is 2.21. The molecule has 4 aromatic rings. The van der Waals surface area contributed by atoms with E-state index in [1.54, 1.807) is 0 Å². The topological polar surface area (TPSA) is 77.7 Å². The second-order valence-electron chi connectivity index (χ2n) is 8.01. The molecule has 5 rings (SSSR count). The van der Waals surface area contributed by atoms with Crippen LogP contribution in [0.25, 0.3) is 21.8 Å². The lowest BCUT2D eigenvalue weighted by Gasteiger charge is -2.31. The molecule has 0 aliphatic carbocycles. The van der Waals surface area contributed by atoms with Gasteiger partial charge in [0.2, 0.25) is 0 Å². The average Bonchev–Trinajstić information content (AvgIpc) is 3.17. The standard InChI is InChI=1S/C23H25N5OS.CH4/c1-15-3-2-4-18-22(15)26-21(27-23(18)29)14-30-17-6-9-28(10-7-17)13-16-11-25-20-5-8-24-12-19(16)20;/h2-5,8,11-12,17,25H,6-7,9-10,13-14H2,1H3,(H,26,27,29);1H4. The third-order valence-corrected chi connectivity index (χ3v) is 7.32. The summed E-state index contributed by atoms with van der Waals surface area (Å²) in [7, 11) is 0. The van der Waals surface area contributed by atoms with E-state index in [-0.39, 0.29) is 13.0 Å². The largest absolute Gasteiger partial charge is 0.361 e. The third kappa shape index (κ3) is 4.52. The van der Waals surface area contributed by atoms with Crippen molar-refractivity contribution in [3.63, 3.8) is 0 Å². The van der Waals surface area contributed by atoms with Gasteiger partial charge in [-0.1, -0.05) is 19.6 Å². The van der Waals surface area contributed by atoms with Gasteiger partial charge in [0, 0.05) is 41.3 Å². The number of pyridine rings is 1. The Morgan fingerprint density at radius 3 is 2.87 bits per heavy atom. The number of aryl methyl sites for hydroxylation is 1. The number of H-pyrrole nitrogens is 2. The number of likely N-dealkylation sites (tertiary alicyclic amines) is 1. The van der Waals surface area contributed by atoms with E-state index in [9.17, 15) is 4.79 Å². The van der Waals surface area contributed by atoms with Gasteiger partial charge in [0.1, 0.15) is 5.82 Å². The first kappa shape index (κ1) is 21.6. The summed E-state index contributed by atoms with van der Waals surface area (Å²) in [6.07, 6.45) is 8.19. The summed E-state index contributed by atoms with van der Waals surface area (Å²) in [4.78, 5) is 30.2. The molecule has 0 amide bonds. The van der Waals surface area contributed by atoms with Gasteiger partial charge in [-0.05, 0) is 56.1 Å². The fourth-order valence-corrected chi connectivity index (χ4v) is 5.32. The summed E-state index contributed by atoms with van der Waals surface area (Å²) in [5, 5.41) is 2.49. The van der Waals surface area contributed by atoms with E-state index in [1.165, 1.54) is 10.9 Å². The Hall–Kier alpha value is -2.64. The van der Waals surface area contributed by atoms with Gasteiger partial charge in [0.15, 0.2) is 0 Å². The molecular formula is C24H29N5OS. The van der Waals surface area contributed by atoms with E-state index in [4.69, 9.17) is 4.98 Å². The molecule has 0 spiro atoms. The zero-order valence-electron chi connectivity index (χ0n) is 17.0. The van der Waals surface area contributed by atoms with Crippen molar-refractivity contribution < 1.29 is 0 Å². The molecule has 6 nitrogen and oxygen atoms in total. The fourth-order valence-electron chi connectivity index (χ4n) is 4.24. The maximum absolute atomic E-state index is 12.4. The average molecular weight is 436 g/mol. The van der Waals surface area contributed by atoms with Gasteiger partial charge in [-0.15, -0.1) is 0 Å². The van der Waals surface area contributed by atoms with Crippen LogP contribution in [-0.2, 0) is 12.3 Å². The number of aromatic nitrogens is 4. The number of rotatable bonds is 5. The highest BCUT2D eigenvalue weighted by molar-refractivity contribution is 7.99. The van der Waals surface area contributed by atoms with E-state index in [2.05, 4.69) is 26.0 Å². The molecule has 1 fully saturated rings. The van der Waals surface area contributed by atoms with E-state index in [0.29, 0.717) is 10.6 Å². The molecule has 4 heterocycles. The van der Waals surface area contributed by atoms with Crippen LogP contribution in [-0.4, -0.2) is 43.2 Å². The van der Waals surface area contributed by atoms with E-state index in [1.807, 2.05) is 55.3 Å². The first-order valence-electron chi connectivity index (χ1n) is 10.4. The van der Waals surface area contributed by atoms with Crippen molar-refractivity contribution in [2.45, 2.75) is 44.7 Å². The number of nitrogens with one attached hydrogen (secondary N) is 2. The van der Waals surface area contributed by atoms with Gasteiger partial charge in [-0.25, -0.2) is 4.98 Å². The Balaban J connectivity index is 0.00000231. The number of nitrogens with zero attached hydrogens (tertiary/aromatic N) is 3. The Morgan fingerprint density at radius 1 is 1.19 bits per heavy atom. The van der Waals surface area contributed by atoms with Gasteiger partial charge in [0.25, 0.3) is 5.56 Å². The minimum Gasteiger partial charge on any atom is -0.361 e. The predicted octanol–water partition coefficient (Wildman–Crippen LogP) is 4.64. The number of hydrogen-bond donors (Lipinski definition) is 2. The molecule has 0 atom stereocenters. The van der Waals surface area contributed by atoms with Gasteiger partial charge >= 0.3 is 0 Å². The Bertz CT molecular complexity index is 1240. The highest BCUT2D eigenvalue weighted by atomic mass is 32.2. The molecule has 1 aromatic carbocycles. The molecule has 31 heavy (non-hydrogen) atoms. The van der Waals surface area contributed by atoms with Crippen LogP contribution in [0.5, 0.6) is 0 Å². The number of piperidine rings is 1. The van der Waals surface area contributed by atoms with E-state index >= 15 is 0 Å². The van der Waals surface area contributed by atoms with Gasteiger partial charge < -0.3 is 9.97 Å². The molecule has 0 saturated carbocycles. The van der Waals surface area contributed by atoms with Gasteiger partial charge in [-0.2, -0.15) is 11.8 Å². The quantitative estimate of drug-likeness (QED) is 0.477. The molecule has 0 unspecified atom stereocenters. The van der Waals surface area contributed by atoms with Crippen molar-refractivity contribution in [3.8, 4) is 0 Å². The molecule has 162 valence electrons. The second-order valence-corrected chi connectivity index (χ2v) is 9.29. The summed E-state index contributed by atoms with van der Waals surface area (Å²) in [5.74, 6) is 1.53. The molecule has 0 bridgehead atoms. The number of fused-ring (bicyclic) bond motifs is 2. The molecule has 7 heteroatoms. The van der Waals surface area contributed by atoms with Crippen LogP contribution < -0.4 is 5.56 Å². The van der Waals surface area contributed by atoms with Crippen LogP contribution in [0.4, 0.5) is 0 Å². The number of para-hydroxylation sites is 1. The van der Waals surface area contributed by atoms with Crippen LogP contribution in [0.15, 0.2) is 47.7 Å². The first-order valence-corrected chi connectivity index (χ1v) is 11.4. The molecule has 1 saturated heterocycles. The number of hydrogen-bond acceptors (Lipinski definition) is 5.